The normalized spacial score (nSPS) is 14.7. The number of amides is 2. The number of nitrogens with one attached hydrogen (secondary N) is 1. The average molecular weight is 454 g/mol. The highest BCUT2D eigenvalue weighted by atomic mass is 35.5. The van der Waals surface area contributed by atoms with E-state index in [1.54, 1.807) is 22.8 Å². The number of rotatable bonds is 4. The van der Waals surface area contributed by atoms with E-state index in [1.165, 1.54) is 31.3 Å². The second kappa shape index (κ2) is 8.71. The lowest BCUT2D eigenvalue weighted by Crippen LogP contribution is -2.50. The molecule has 1 aliphatic rings. The number of halogens is 2. The molecule has 0 aromatic heterocycles. The van der Waals surface area contributed by atoms with Crippen molar-refractivity contribution in [1.29, 1.82) is 0 Å². The van der Waals surface area contributed by atoms with Gasteiger partial charge >= 0.3 is 0 Å². The largest absolute Gasteiger partial charge is 0.335 e. The Bertz CT molecular complexity index is 1100. The van der Waals surface area contributed by atoms with Crippen LogP contribution >= 0.6 is 11.6 Å². The van der Waals surface area contributed by atoms with E-state index >= 15 is 0 Å². The zero-order valence-electron chi connectivity index (χ0n) is 16.5. The number of hydrogen-bond acceptors (Lipinski definition) is 4. The highest BCUT2D eigenvalue weighted by Gasteiger charge is 2.28. The first-order valence-corrected chi connectivity index (χ1v) is 11.1. The molecule has 0 spiro atoms. The van der Waals surface area contributed by atoms with E-state index in [-0.39, 0.29) is 53.5 Å². The molecule has 1 saturated heterocycles. The fraction of sp³-hybridized carbons (Fsp3) is 0.300. The van der Waals surface area contributed by atoms with E-state index in [0.717, 1.165) is 6.07 Å². The third-order valence-electron chi connectivity index (χ3n) is 5.03. The monoisotopic (exact) mass is 453 g/mol. The number of hydrogen-bond donors (Lipinski definition) is 1. The fourth-order valence-corrected chi connectivity index (χ4v) is 4.24. The van der Waals surface area contributed by atoms with Gasteiger partial charge in [-0.05, 0) is 49.9 Å². The van der Waals surface area contributed by atoms with E-state index in [2.05, 4.69) is 4.72 Å². The summed E-state index contributed by atoms with van der Waals surface area (Å²) in [6.45, 7) is 2.87. The molecule has 2 aromatic carbocycles. The van der Waals surface area contributed by atoms with Crippen LogP contribution in [0.1, 0.15) is 26.3 Å². The number of carbonyl (C=O) groups is 2. The Morgan fingerprint density at radius 3 is 2.07 bits per heavy atom. The van der Waals surface area contributed by atoms with Gasteiger partial charge in [0.25, 0.3) is 11.8 Å². The maximum atomic E-state index is 13.2. The summed E-state index contributed by atoms with van der Waals surface area (Å²) in [5, 5.41) is 0.0386. The van der Waals surface area contributed by atoms with Crippen molar-refractivity contribution < 1.29 is 22.4 Å². The van der Waals surface area contributed by atoms with E-state index in [9.17, 15) is 22.4 Å². The molecule has 1 N–H and O–H groups in total. The molecular weight excluding hydrogens is 433 g/mol. The van der Waals surface area contributed by atoms with Crippen LogP contribution in [0.4, 0.5) is 4.39 Å². The highest BCUT2D eigenvalue weighted by Crippen LogP contribution is 2.21. The first kappa shape index (κ1) is 22.2. The summed E-state index contributed by atoms with van der Waals surface area (Å²) < 4.78 is 39.6. The first-order valence-electron chi connectivity index (χ1n) is 9.22. The molecule has 0 radical (unpaired) electrons. The molecule has 0 aliphatic carbocycles. The minimum absolute atomic E-state index is 0.0127. The molecule has 2 amide bonds. The lowest BCUT2D eigenvalue weighted by molar-refractivity contribution is 0.0535. The van der Waals surface area contributed by atoms with Crippen LogP contribution < -0.4 is 4.72 Å². The van der Waals surface area contributed by atoms with Crippen LogP contribution in [0.3, 0.4) is 0 Å². The molecule has 0 saturated carbocycles. The molecule has 0 unspecified atom stereocenters. The van der Waals surface area contributed by atoms with Crippen molar-refractivity contribution in [3.05, 3.63) is 63.9 Å². The van der Waals surface area contributed by atoms with E-state index in [1.807, 2.05) is 0 Å². The third-order valence-corrected chi connectivity index (χ3v) is 6.76. The number of sulfonamides is 1. The topological polar surface area (TPSA) is 86.8 Å². The standard InChI is InChI=1S/C20H21ClFN3O4S/c1-13-3-5-15(30(28,29)23-2)12-17(13)20(27)25-9-7-24(8-10-25)19(26)16-6-4-14(22)11-18(16)21/h3-6,11-12,23H,7-10H2,1-2H3. The Morgan fingerprint density at radius 2 is 1.53 bits per heavy atom. The van der Waals surface area contributed by atoms with Crippen LogP contribution in [0.25, 0.3) is 0 Å². The Labute approximate surface area is 179 Å². The lowest BCUT2D eigenvalue weighted by Gasteiger charge is -2.35. The lowest BCUT2D eigenvalue weighted by atomic mass is 10.1. The quantitative estimate of drug-likeness (QED) is 0.769. The van der Waals surface area contributed by atoms with Gasteiger partial charge in [-0.25, -0.2) is 17.5 Å². The minimum atomic E-state index is -3.67. The maximum absolute atomic E-state index is 13.2. The second-order valence-corrected chi connectivity index (χ2v) is 9.19. The van der Waals surface area contributed by atoms with E-state index in [4.69, 9.17) is 11.6 Å². The molecule has 1 fully saturated rings. The van der Waals surface area contributed by atoms with Crippen LogP contribution in [0.5, 0.6) is 0 Å². The van der Waals surface area contributed by atoms with Gasteiger partial charge in [-0.3, -0.25) is 9.59 Å². The molecule has 1 heterocycles. The molecule has 10 heteroatoms. The average Bonchev–Trinajstić information content (AvgIpc) is 2.73. The Balaban J connectivity index is 1.73. The Hall–Kier alpha value is -2.49. The van der Waals surface area contributed by atoms with Crippen molar-refractivity contribution in [3.63, 3.8) is 0 Å². The number of benzene rings is 2. The van der Waals surface area contributed by atoms with Gasteiger partial charge < -0.3 is 9.80 Å². The van der Waals surface area contributed by atoms with Crippen LogP contribution in [0.2, 0.25) is 5.02 Å². The fourth-order valence-electron chi connectivity index (χ4n) is 3.23. The van der Waals surface area contributed by atoms with Crippen LogP contribution in [-0.2, 0) is 10.0 Å². The molecule has 0 bridgehead atoms. The molecule has 30 heavy (non-hydrogen) atoms. The van der Waals surface area contributed by atoms with Crippen molar-refractivity contribution in [2.75, 3.05) is 33.2 Å². The van der Waals surface area contributed by atoms with Gasteiger partial charge in [0.15, 0.2) is 0 Å². The number of piperazine rings is 1. The van der Waals surface area contributed by atoms with Crippen LogP contribution in [0.15, 0.2) is 41.3 Å². The van der Waals surface area contributed by atoms with Crippen LogP contribution in [0, 0.1) is 12.7 Å². The molecule has 7 nitrogen and oxygen atoms in total. The predicted molar refractivity (Wildman–Crippen MR) is 111 cm³/mol. The molecule has 160 valence electrons. The molecule has 1 aliphatic heterocycles. The summed E-state index contributed by atoms with van der Waals surface area (Å²) in [7, 11) is -2.37. The van der Waals surface area contributed by atoms with Crippen molar-refractivity contribution in [1.82, 2.24) is 14.5 Å². The van der Waals surface area contributed by atoms with Gasteiger partial charge in [0.2, 0.25) is 10.0 Å². The zero-order valence-corrected chi connectivity index (χ0v) is 18.1. The second-order valence-electron chi connectivity index (χ2n) is 6.89. The van der Waals surface area contributed by atoms with Crippen molar-refractivity contribution in [3.8, 4) is 0 Å². The van der Waals surface area contributed by atoms with E-state index in [0.29, 0.717) is 11.1 Å². The molecular formula is C20H21ClFN3O4S. The number of carbonyl (C=O) groups excluding carboxylic acids is 2. The smallest absolute Gasteiger partial charge is 0.255 e. The van der Waals surface area contributed by atoms with Crippen LogP contribution in [-0.4, -0.2) is 63.3 Å². The zero-order chi connectivity index (χ0) is 22.1. The molecule has 3 rings (SSSR count). The molecule has 0 atom stereocenters. The SMILES string of the molecule is CNS(=O)(=O)c1ccc(C)c(C(=O)N2CCN(C(=O)c3ccc(F)cc3Cl)CC2)c1. The van der Waals surface area contributed by atoms with E-state index < -0.39 is 15.8 Å². The summed E-state index contributed by atoms with van der Waals surface area (Å²) in [6.07, 6.45) is 0. The van der Waals surface area contributed by atoms with Crippen molar-refractivity contribution in [2.24, 2.45) is 0 Å². The summed E-state index contributed by atoms with van der Waals surface area (Å²) in [6, 6.07) is 8.00. The van der Waals surface area contributed by atoms with Crippen molar-refractivity contribution in [2.45, 2.75) is 11.8 Å². The summed E-state index contributed by atoms with van der Waals surface area (Å²) in [4.78, 5) is 28.8. The molecule has 2 aromatic rings. The highest BCUT2D eigenvalue weighted by molar-refractivity contribution is 7.89. The Morgan fingerprint density at radius 1 is 0.967 bits per heavy atom. The van der Waals surface area contributed by atoms with Gasteiger partial charge in [-0.1, -0.05) is 17.7 Å². The summed E-state index contributed by atoms with van der Waals surface area (Å²) in [5.74, 6) is -1.15. The van der Waals surface area contributed by atoms with Crippen molar-refractivity contribution >= 4 is 33.4 Å². The number of nitrogens with zero attached hydrogens (tertiary/aromatic N) is 2. The van der Waals surface area contributed by atoms with Gasteiger partial charge in [0.1, 0.15) is 5.82 Å². The third kappa shape index (κ3) is 4.48. The van der Waals surface area contributed by atoms with Gasteiger partial charge in [0, 0.05) is 31.7 Å². The van der Waals surface area contributed by atoms with Gasteiger partial charge in [0.05, 0.1) is 15.5 Å². The maximum Gasteiger partial charge on any atom is 0.255 e. The number of aryl methyl sites for hydroxylation is 1. The minimum Gasteiger partial charge on any atom is -0.335 e. The Kier molecular flexibility index (Phi) is 6.44. The van der Waals surface area contributed by atoms with Gasteiger partial charge in [-0.15, -0.1) is 0 Å². The summed E-state index contributed by atoms with van der Waals surface area (Å²) in [5.41, 5.74) is 1.16. The van der Waals surface area contributed by atoms with Gasteiger partial charge in [-0.2, -0.15) is 0 Å². The predicted octanol–water partition coefficient (Wildman–Crippen LogP) is 2.29. The summed E-state index contributed by atoms with van der Waals surface area (Å²) >= 11 is 5.98. The first-order chi connectivity index (χ1) is 14.1.